The summed E-state index contributed by atoms with van der Waals surface area (Å²) in [4.78, 5) is 24.4. The van der Waals surface area contributed by atoms with Crippen LogP contribution in [0, 0.1) is 0 Å². The number of unbranched alkanes of at least 4 members (excludes halogenated alkanes) is 4. The van der Waals surface area contributed by atoms with Crippen LogP contribution in [0.3, 0.4) is 0 Å². The molecule has 6 heteroatoms. The Morgan fingerprint density at radius 2 is 1.07 bits per heavy atom. The van der Waals surface area contributed by atoms with Gasteiger partial charge in [-0.05, 0) is 37.1 Å². The number of phenols is 2. The Morgan fingerprint density at radius 3 is 1.41 bits per heavy atom. The van der Waals surface area contributed by atoms with Crippen LogP contribution in [-0.2, 0) is 0 Å². The summed E-state index contributed by atoms with van der Waals surface area (Å²) in [7, 11) is 3.01. The third-order valence-electron chi connectivity index (χ3n) is 4.82. The predicted molar refractivity (Wildman–Crippen MR) is 110 cm³/mol. The number of Topliss-reactive ketones (excluding diaryl/α,β-unsaturated/α-hetero) is 2. The van der Waals surface area contributed by atoms with Gasteiger partial charge in [-0.2, -0.15) is 0 Å². The van der Waals surface area contributed by atoms with Gasteiger partial charge in [-0.15, -0.1) is 0 Å². The monoisotopic (exact) mass is 400 g/mol. The lowest BCUT2D eigenvalue weighted by Crippen LogP contribution is -2.01. The Hall–Kier alpha value is -3.02. The first-order valence-electron chi connectivity index (χ1n) is 9.76. The van der Waals surface area contributed by atoms with Gasteiger partial charge in [0.2, 0.25) is 0 Å². The number of hydrogen-bond acceptors (Lipinski definition) is 6. The lowest BCUT2D eigenvalue weighted by molar-refractivity contribution is 0.0970. The van der Waals surface area contributed by atoms with E-state index < -0.39 is 0 Å². The van der Waals surface area contributed by atoms with Crippen LogP contribution in [0.5, 0.6) is 23.0 Å². The van der Waals surface area contributed by atoms with Gasteiger partial charge in [0.05, 0.1) is 25.3 Å². The summed E-state index contributed by atoms with van der Waals surface area (Å²) in [5.74, 6) is 0.725. The molecular weight excluding hydrogens is 372 g/mol. The SMILES string of the molecule is COc1ccc(C(=O)CCCCCCCC(=O)c2ccc(OC)cc2O)c(O)c1. The molecule has 29 heavy (non-hydrogen) atoms. The minimum atomic E-state index is -0.0877. The summed E-state index contributed by atoms with van der Waals surface area (Å²) in [5, 5.41) is 19.8. The van der Waals surface area contributed by atoms with E-state index in [0.717, 1.165) is 32.1 Å². The van der Waals surface area contributed by atoms with Crippen LogP contribution in [0.1, 0.15) is 65.7 Å². The van der Waals surface area contributed by atoms with E-state index in [1.165, 1.54) is 26.4 Å². The number of phenolic OH excluding ortho intramolecular Hbond substituents is 2. The van der Waals surface area contributed by atoms with Crippen LogP contribution in [0.4, 0.5) is 0 Å². The zero-order valence-electron chi connectivity index (χ0n) is 16.9. The maximum Gasteiger partial charge on any atom is 0.166 e. The highest BCUT2D eigenvalue weighted by Gasteiger charge is 2.13. The molecule has 0 fully saturated rings. The van der Waals surface area contributed by atoms with E-state index in [1.54, 1.807) is 24.3 Å². The zero-order chi connectivity index (χ0) is 21.2. The van der Waals surface area contributed by atoms with Crippen LogP contribution in [0.2, 0.25) is 0 Å². The Bertz CT molecular complexity index is 774. The Morgan fingerprint density at radius 1 is 0.690 bits per heavy atom. The van der Waals surface area contributed by atoms with Crippen LogP contribution < -0.4 is 9.47 Å². The fourth-order valence-electron chi connectivity index (χ4n) is 3.12. The average Bonchev–Trinajstić information content (AvgIpc) is 2.72. The van der Waals surface area contributed by atoms with E-state index in [-0.39, 0.29) is 23.1 Å². The summed E-state index contributed by atoms with van der Waals surface area (Å²) >= 11 is 0. The van der Waals surface area contributed by atoms with Crippen molar-refractivity contribution in [3.05, 3.63) is 47.5 Å². The molecule has 0 radical (unpaired) electrons. The van der Waals surface area contributed by atoms with Crippen molar-refractivity contribution in [2.75, 3.05) is 14.2 Å². The van der Waals surface area contributed by atoms with Crippen LogP contribution in [0.15, 0.2) is 36.4 Å². The Balaban J connectivity index is 1.65. The molecule has 0 saturated heterocycles. The molecule has 0 heterocycles. The van der Waals surface area contributed by atoms with Crippen LogP contribution in [0.25, 0.3) is 0 Å². The lowest BCUT2D eigenvalue weighted by Gasteiger charge is -2.07. The van der Waals surface area contributed by atoms with Crippen molar-refractivity contribution in [3.63, 3.8) is 0 Å². The van der Waals surface area contributed by atoms with Crippen molar-refractivity contribution >= 4 is 11.6 Å². The Labute approximate surface area is 171 Å². The molecule has 0 aliphatic heterocycles. The molecule has 2 rings (SSSR count). The van der Waals surface area contributed by atoms with Crippen molar-refractivity contribution < 1.29 is 29.3 Å². The van der Waals surface area contributed by atoms with E-state index in [1.807, 2.05) is 0 Å². The fraction of sp³-hybridized carbons (Fsp3) is 0.391. The second-order valence-electron chi connectivity index (χ2n) is 6.88. The molecule has 0 unspecified atom stereocenters. The average molecular weight is 400 g/mol. The second-order valence-corrected chi connectivity index (χ2v) is 6.88. The third kappa shape index (κ3) is 6.52. The highest BCUT2D eigenvalue weighted by molar-refractivity contribution is 5.99. The molecular formula is C23H28O6. The standard InChI is InChI=1S/C23H28O6/c1-28-16-10-12-18(22(26)14-16)20(24)8-6-4-3-5-7-9-21(25)19-13-11-17(29-2)15-23(19)27/h10-15,26-27H,3-9H2,1-2H3. The molecule has 6 nitrogen and oxygen atoms in total. The highest BCUT2D eigenvalue weighted by Crippen LogP contribution is 2.26. The molecule has 156 valence electrons. The van der Waals surface area contributed by atoms with Crippen molar-refractivity contribution in [3.8, 4) is 23.0 Å². The normalized spacial score (nSPS) is 10.6. The summed E-state index contributed by atoms with van der Waals surface area (Å²) in [6.45, 7) is 0. The highest BCUT2D eigenvalue weighted by atomic mass is 16.5. The largest absolute Gasteiger partial charge is 0.507 e. The van der Waals surface area contributed by atoms with Crippen LogP contribution >= 0.6 is 0 Å². The molecule has 2 aromatic carbocycles. The third-order valence-corrected chi connectivity index (χ3v) is 4.82. The van der Waals surface area contributed by atoms with Gasteiger partial charge in [0.1, 0.15) is 23.0 Å². The number of carbonyl (C=O) groups is 2. The van der Waals surface area contributed by atoms with E-state index in [4.69, 9.17) is 9.47 Å². The van der Waals surface area contributed by atoms with E-state index in [9.17, 15) is 19.8 Å². The van der Waals surface area contributed by atoms with Gasteiger partial charge in [-0.3, -0.25) is 9.59 Å². The number of rotatable bonds is 12. The minimum absolute atomic E-state index is 0.0605. The molecule has 0 aromatic heterocycles. The van der Waals surface area contributed by atoms with E-state index >= 15 is 0 Å². The van der Waals surface area contributed by atoms with Gasteiger partial charge in [0.15, 0.2) is 11.6 Å². The van der Waals surface area contributed by atoms with Crippen molar-refractivity contribution in [1.29, 1.82) is 0 Å². The molecule has 2 aromatic rings. The minimum Gasteiger partial charge on any atom is -0.507 e. The summed E-state index contributed by atoms with van der Waals surface area (Å²) < 4.78 is 10.0. The van der Waals surface area contributed by atoms with Gasteiger partial charge < -0.3 is 19.7 Å². The quantitative estimate of drug-likeness (QED) is 0.388. The Kier molecular flexibility index (Phi) is 8.52. The molecule has 0 aliphatic rings. The number of ether oxygens (including phenoxy) is 2. The van der Waals surface area contributed by atoms with E-state index in [0.29, 0.717) is 35.5 Å². The summed E-state index contributed by atoms with van der Waals surface area (Å²) in [6.07, 6.45) is 4.89. The van der Waals surface area contributed by atoms with Crippen LogP contribution in [-0.4, -0.2) is 36.0 Å². The molecule has 0 atom stereocenters. The van der Waals surface area contributed by atoms with Gasteiger partial charge in [0.25, 0.3) is 0 Å². The number of hydrogen-bond donors (Lipinski definition) is 2. The van der Waals surface area contributed by atoms with Crippen molar-refractivity contribution in [1.82, 2.24) is 0 Å². The number of methoxy groups -OCH3 is 2. The number of aromatic hydroxyl groups is 2. The molecule has 0 saturated carbocycles. The topological polar surface area (TPSA) is 93.1 Å². The molecule has 0 aliphatic carbocycles. The first-order valence-corrected chi connectivity index (χ1v) is 9.76. The van der Waals surface area contributed by atoms with E-state index in [2.05, 4.69) is 0 Å². The summed E-state index contributed by atoms with van der Waals surface area (Å²) in [6, 6.07) is 9.35. The second kappa shape index (κ2) is 11.1. The van der Waals surface area contributed by atoms with Crippen molar-refractivity contribution in [2.24, 2.45) is 0 Å². The maximum atomic E-state index is 12.2. The molecule has 2 N–H and O–H groups in total. The van der Waals surface area contributed by atoms with Gasteiger partial charge in [-0.1, -0.05) is 19.3 Å². The predicted octanol–water partition coefficient (Wildman–Crippen LogP) is 4.91. The first kappa shape index (κ1) is 22.3. The lowest BCUT2D eigenvalue weighted by atomic mass is 10.0. The molecule has 0 amide bonds. The van der Waals surface area contributed by atoms with Gasteiger partial charge in [-0.25, -0.2) is 0 Å². The number of carbonyl (C=O) groups excluding carboxylic acids is 2. The smallest absolute Gasteiger partial charge is 0.166 e. The number of ketones is 2. The molecule has 0 spiro atoms. The zero-order valence-corrected chi connectivity index (χ0v) is 16.9. The molecule has 0 bridgehead atoms. The summed E-state index contributed by atoms with van der Waals surface area (Å²) in [5.41, 5.74) is 0.631. The van der Waals surface area contributed by atoms with Crippen molar-refractivity contribution in [2.45, 2.75) is 44.9 Å². The first-order chi connectivity index (χ1) is 14.0. The van der Waals surface area contributed by atoms with Gasteiger partial charge >= 0.3 is 0 Å². The fourth-order valence-corrected chi connectivity index (χ4v) is 3.12. The maximum absolute atomic E-state index is 12.2. The number of benzene rings is 2. The van der Waals surface area contributed by atoms with Gasteiger partial charge in [0, 0.05) is 25.0 Å².